The molecule has 0 rings (SSSR count). The zero-order chi connectivity index (χ0) is 10.3. The summed E-state index contributed by atoms with van der Waals surface area (Å²) < 4.78 is 30.0. The van der Waals surface area contributed by atoms with Crippen molar-refractivity contribution in [2.75, 3.05) is 20.3 Å². The molecule has 0 amide bonds. The molecule has 0 saturated heterocycles. The molecule has 0 aliphatic heterocycles. The Morgan fingerprint density at radius 3 is 2.46 bits per heavy atom. The minimum Gasteiger partial charge on any atom is -0.385 e. The van der Waals surface area contributed by atoms with Gasteiger partial charge in [-0.15, -0.1) is 0 Å². The van der Waals surface area contributed by atoms with Crippen molar-refractivity contribution >= 4 is 0 Å². The van der Waals surface area contributed by atoms with E-state index in [2.05, 4.69) is 5.32 Å². The van der Waals surface area contributed by atoms with Crippen molar-refractivity contribution < 1.29 is 13.5 Å². The molecule has 0 spiro atoms. The smallest absolute Gasteiger partial charge is 0.256 e. The minimum atomic E-state index is -2.35. The summed E-state index contributed by atoms with van der Waals surface area (Å²) in [5, 5.41) is 2.85. The van der Waals surface area contributed by atoms with Crippen LogP contribution in [0.3, 0.4) is 0 Å². The van der Waals surface area contributed by atoms with Crippen LogP contribution in [-0.4, -0.2) is 32.2 Å². The topological polar surface area (TPSA) is 21.3 Å². The van der Waals surface area contributed by atoms with Crippen LogP contribution in [0.15, 0.2) is 0 Å². The van der Waals surface area contributed by atoms with E-state index < -0.39 is 12.0 Å². The molecule has 1 N–H and O–H groups in total. The summed E-state index contributed by atoms with van der Waals surface area (Å²) in [4.78, 5) is 0. The highest BCUT2D eigenvalue weighted by Gasteiger charge is 2.33. The third-order valence-corrected chi connectivity index (χ3v) is 2.09. The van der Waals surface area contributed by atoms with Gasteiger partial charge in [0.1, 0.15) is 0 Å². The van der Waals surface area contributed by atoms with Crippen molar-refractivity contribution in [2.24, 2.45) is 0 Å². The lowest BCUT2D eigenvalue weighted by atomic mass is 9.99. The zero-order valence-corrected chi connectivity index (χ0v) is 8.57. The average molecular weight is 195 g/mol. The Bertz CT molecular complexity index is 123. The molecule has 1 unspecified atom stereocenters. The van der Waals surface area contributed by atoms with Crippen LogP contribution in [0.25, 0.3) is 0 Å². The molecule has 0 fully saturated rings. The summed E-state index contributed by atoms with van der Waals surface area (Å²) in [5.74, 6) is 0. The monoisotopic (exact) mass is 195 g/mol. The van der Waals surface area contributed by atoms with Crippen LogP contribution in [0.2, 0.25) is 0 Å². The molecule has 0 bridgehead atoms. The van der Waals surface area contributed by atoms with E-state index in [1.165, 1.54) is 14.0 Å². The molecule has 0 radical (unpaired) electrons. The van der Waals surface area contributed by atoms with Gasteiger partial charge in [0.25, 0.3) is 6.43 Å². The van der Waals surface area contributed by atoms with Gasteiger partial charge in [0, 0.05) is 13.7 Å². The van der Waals surface area contributed by atoms with Gasteiger partial charge in [-0.3, -0.25) is 0 Å². The fourth-order valence-corrected chi connectivity index (χ4v) is 0.999. The lowest BCUT2D eigenvalue weighted by Gasteiger charge is -2.29. The number of methoxy groups -OCH3 is 1. The van der Waals surface area contributed by atoms with E-state index >= 15 is 0 Å². The first-order valence-electron chi connectivity index (χ1n) is 4.59. The van der Waals surface area contributed by atoms with E-state index in [4.69, 9.17) is 4.74 Å². The first-order chi connectivity index (χ1) is 6.06. The molecular weight excluding hydrogens is 176 g/mol. The molecule has 0 aliphatic rings. The van der Waals surface area contributed by atoms with Crippen molar-refractivity contribution in [3.8, 4) is 0 Å². The van der Waals surface area contributed by atoms with E-state index in [9.17, 15) is 8.78 Å². The maximum atomic E-state index is 12.6. The summed E-state index contributed by atoms with van der Waals surface area (Å²) in [6, 6.07) is 0. The first-order valence-corrected chi connectivity index (χ1v) is 4.59. The van der Waals surface area contributed by atoms with Gasteiger partial charge in [-0.1, -0.05) is 6.92 Å². The maximum absolute atomic E-state index is 12.6. The van der Waals surface area contributed by atoms with Crippen molar-refractivity contribution in [3.63, 3.8) is 0 Å². The largest absolute Gasteiger partial charge is 0.385 e. The Morgan fingerprint density at radius 2 is 2.08 bits per heavy atom. The highest BCUT2D eigenvalue weighted by Crippen LogP contribution is 2.19. The van der Waals surface area contributed by atoms with Crippen LogP contribution >= 0.6 is 0 Å². The molecule has 0 aromatic carbocycles. The van der Waals surface area contributed by atoms with Crippen LogP contribution in [0, 0.1) is 0 Å². The van der Waals surface area contributed by atoms with Crippen molar-refractivity contribution in [3.05, 3.63) is 0 Å². The molecule has 0 heterocycles. The van der Waals surface area contributed by atoms with Crippen molar-refractivity contribution in [1.82, 2.24) is 5.32 Å². The number of ether oxygens (including phenoxy) is 1. The van der Waals surface area contributed by atoms with Crippen molar-refractivity contribution in [2.45, 2.75) is 38.7 Å². The SMILES string of the molecule is CCCNC(C)(CCOC)C(F)F. The minimum absolute atomic E-state index is 0.334. The molecule has 0 aliphatic carbocycles. The van der Waals surface area contributed by atoms with Gasteiger partial charge in [0.2, 0.25) is 0 Å². The molecule has 4 heteroatoms. The Morgan fingerprint density at radius 1 is 1.46 bits per heavy atom. The molecule has 0 aromatic heterocycles. The number of rotatable bonds is 7. The fourth-order valence-electron chi connectivity index (χ4n) is 0.999. The number of hydrogen-bond donors (Lipinski definition) is 1. The van der Waals surface area contributed by atoms with Gasteiger partial charge in [-0.2, -0.15) is 0 Å². The van der Waals surface area contributed by atoms with Gasteiger partial charge in [0.15, 0.2) is 0 Å². The number of nitrogens with one attached hydrogen (secondary N) is 1. The number of halogens is 2. The van der Waals surface area contributed by atoms with Crippen LogP contribution in [0.1, 0.15) is 26.7 Å². The molecule has 1 atom stereocenters. The standard InChI is InChI=1S/C9H19F2NO/c1-4-6-12-9(2,8(10)11)5-7-13-3/h8,12H,4-7H2,1-3H3. The molecule has 80 valence electrons. The summed E-state index contributed by atoms with van der Waals surface area (Å²) in [5.41, 5.74) is -1.11. The summed E-state index contributed by atoms with van der Waals surface area (Å²) in [6.45, 7) is 4.46. The van der Waals surface area contributed by atoms with Crippen LogP contribution < -0.4 is 5.32 Å². The molecule has 0 saturated carbocycles. The van der Waals surface area contributed by atoms with Gasteiger partial charge in [-0.05, 0) is 26.3 Å². The zero-order valence-electron chi connectivity index (χ0n) is 8.57. The Kier molecular flexibility index (Phi) is 6.16. The highest BCUT2D eigenvalue weighted by molar-refractivity contribution is 4.85. The summed E-state index contributed by atoms with van der Waals surface area (Å²) in [7, 11) is 1.52. The van der Waals surface area contributed by atoms with Crippen LogP contribution in [0.4, 0.5) is 8.78 Å². The predicted molar refractivity (Wildman–Crippen MR) is 49.2 cm³/mol. The molecule has 0 aromatic rings. The van der Waals surface area contributed by atoms with Crippen LogP contribution in [0.5, 0.6) is 0 Å². The van der Waals surface area contributed by atoms with E-state index in [0.29, 0.717) is 19.6 Å². The number of hydrogen-bond acceptors (Lipinski definition) is 2. The lowest BCUT2D eigenvalue weighted by molar-refractivity contribution is 0.0201. The summed E-state index contributed by atoms with van der Waals surface area (Å²) in [6.07, 6.45) is -1.16. The second-order valence-electron chi connectivity index (χ2n) is 3.39. The van der Waals surface area contributed by atoms with E-state index in [1.807, 2.05) is 6.92 Å². The van der Waals surface area contributed by atoms with E-state index in [1.54, 1.807) is 0 Å². The highest BCUT2D eigenvalue weighted by atomic mass is 19.3. The molecular formula is C9H19F2NO. The average Bonchev–Trinajstić information content (AvgIpc) is 2.11. The van der Waals surface area contributed by atoms with Gasteiger partial charge >= 0.3 is 0 Å². The Labute approximate surface area is 78.7 Å². The lowest BCUT2D eigenvalue weighted by Crippen LogP contribution is -2.49. The van der Waals surface area contributed by atoms with Gasteiger partial charge in [-0.25, -0.2) is 8.78 Å². The Balaban J connectivity index is 4.00. The van der Waals surface area contributed by atoms with E-state index in [0.717, 1.165) is 6.42 Å². The predicted octanol–water partition coefficient (Wildman–Crippen LogP) is 2.05. The van der Waals surface area contributed by atoms with E-state index in [-0.39, 0.29) is 0 Å². The van der Waals surface area contributed by atoms with Crippen molar-refractivity contribution in [1.29, 1.82) is 0 Å². The second kappa shape index (κ2) is 6.27. The maximum Gasteiger partial charge on any atom is 0.256 e. The third-order valence-electron chi connectivity index (χ3n) is 2.09. The normalized spacial score (nSPS) is 16.2. The number of alkyl halides is 2. The first kappa shape index (κ1) is 12.8. The third kappa shape index (κ3) is 4.52. The van der Waals surface area contributed by atoms with Gasteiger partial charge < -0.3 is 10.1 Å². The molecule has 2 nitrogen and oxygen atoms in total. The fraction of sp³-hybridized carbons (Fsp3) is 1.00. The quantitative estimate of drug-likeness (QED) is 0.671. The second-order valence-corrected chi connectivity index (χ2v) is 3.39. The van der Waals surface area contributed by atoms with Gasteiger partial charge in [0.05, 0.1) is 5.54 Å². The molecule has 13 heavy (non-hydrogen) atoms. The van der Waals surface area contributed by atoms with Crippen LogP contribution in [-0.2, 0) is 4.74 Å². The Hall–Kier alpha value is -0.220. The summed E-state index contributed by atoms with van der Waals surface area (Å²) >= 11 is 0.